The molecule has 0 N–H and O–H groups in total. The first-order valence-corrected chi connectivity index (χ1v) is 7.38. The minimum atomic E-state index is -0.430. The van der Waals surface area contributed by atoms with Gasteiger partial charge >= 0.3 is 0 Å². The van der Waals surface area contributed by atoms with E-state index >= 15 is 0 Å². The van der Waals surface area contributed by atoms with Crippen LogP contribution in [0.15, 0.2) is 24.3 Å². The van der Waals surface area contributed by atoms with Crippen molar-refractivity contribution in [3.05, 3.63) is 35.6 Å². The molecule has 1 amide bonds. The monoisotopic (exact) mass is 291 g/mol. The van der Waals surface area contributed by atoms with Crippen molar-refractivity contribution in [3.63, 3.8) is 0 Å². The highest BCUT2D eigenvalue weighted by Crippen LogP contribution is 2.25. The lowest BCUT2D eigenvalue weighted by Gasteiger charge is -2.36. The Balaban J connectivity index is 2.09. The van der Waals surface area contributed by atoms with Gasteiger partial charge in [0.05, 0.1) is 0 Å². The summed E-state index contributed by atoms with van der Waals surface area (Å²) in [4.78, 5) is 26.6. The standard InChI is InChI=1S/C17H22FNO2/c1-17(2,3)16(21)19-10-4-5-13(11-19)15(20)12-6-8-14(18)9-7-12/h6-9,13H,4-5,10-11H2,1-3H3. The van der Waals surface area contributed by atoms with Crippen LogP contribution in [0.25, 0.3) is 0 Å². The Bertz CT molecular complexity index is 531. The van der Waals surface area contributed by atoms with Crippen molar-refractivity contribution >= 4 is 11.7 Å². The average Bonchev–Trinajstić information content (AvgIpc) is 2.45. The second-order valence-electron chi connectivity index (χ2n) is 6.71. The van der Waals surface area contributed by atoms with Gasteiger partial charge in [-0.2, -0.15) is 0 Å². The maximum atomic E-state index is 12.9. The predicted octanol–water partition coefficient (Wildman–Crippen LogP) is 3.29. The number of rotatable bonds is 2. The molecule has 1 fully saturated rings. The first kappa shape index (κ1) is 15.7. The van der Waals surface area contributed by atoms with Crippen molar-refractivity contribution in [3.8, 4) is 0 Å². The molecule has 0 bridgehead atoms. The molecular weight excluding hydrogens is 269 g/mol. The Labute approximate surface area is 125 Å². The van der Waals surface area contributed by atoms with E-state index in [0.717, 1.165) is 12.8 Å². The highest BCUT2D eigenvalue weighted by Gasteiger charge is 2.33. The first-order valence-electron chi connectivity index (χ1n) is 7.38. The van der Waals surface area contributed by atoms with Crippen LogP contribution in [0.2, 0.25) is 0 Å². The lowest BCUT2D eigenvalue weighted by Crippen LogP contribution is -2.46. The number of hydrogen-bond donors (Lipinski definition) is 0. The fourth-order valence-corrected chi connectivity index (χ4v) is 2.70. The van der Waals surface area contributed by atoms with Crippen LogP contribution in [0.5, 0.6) is 0 Å². The van der Waals surface area contributed by atoms with Crippen LogP contribution in [0, 0.1) is 17.2 Å². The van der Waals surface area contributed by atoms with Gasteiger partial charge in [0.15, 0.2) is 5.78 Å². The number of ketones is 1. The van der Waals surface area contributed by atoms with Gasteiger partial charge in [0.1, 0.15) is 5.82 Å². The molecule has 0 radical (unpaired) electrons. The van der Waals surface area contributed by atoms with Gasteiger partial charge in [0.25, 0.3) is 0 Å². The number of carbonyl (C=O) groups is 2. The summed E-state index contributed by atoms with van der Waals surface area (Å²) >= 11 is 0. The summed E-state index contributed by atoms with van der Waals surface area (Å²) in [6, 6.07) is 5.63. The Kier molecular flexibility index (Phi) is 4.45. The molecule has 1 unspecified atom stereocenters. The minimum Gasteiger partial charge on any atom is -0.342 e. The van der Waals surface area contributed by atoms with Gasteiger partial charge < -0.3 is 4.90 Å². The summed E-state index contributed by atoms with van der Waals surface area (Å²) in [6.45, 7) is 6.85. The fraction of sp³-hybridized carbons (Fsp3) is 0.529. The molecule has 1 aromatic rings. The Hall–Kier alpha value is -1.71. The van der Waals surface area contributed by atoms with E-state index in [1.54, 1.807) is 4.90 Å². The molecule has 4 heteroatoms. The first-order chi connectivity index (χ1) is 9.79. The zero-order chi connectivity index (χ0) is 15.6. The summed E-state index contributed by atoms with van der Waals surface area (Å²) in [5.41, 5.74) is 0.0901. The quantitative estimate of drug-likeness (QED) is 0.784. The summed E-state index contributed by atoms with van der Waals surface area (Å²) in [5, 5.41) is 0. The number of hydrogen-bond acceptors (Lipinski definition) is 2. The number of piperidine rings is 1. The third kappa shape index (κ3) is 3.69. The van der Waals surface area contributed by atoms with Crippen LogP contribution < -0.4 is 0 Å². The van der Waals surface area contributed by atoms with E-state index in [0.29, 0.717) is 18.7 Å². The van der Waals surface area contributed by atoms with E-state index in [2.05, 4.69) is 0 Å². The van der Waals surface area contributed by atoms with Crippen LogP contribution in [0.4, 0.5) is 4.39 Å². The molecule has 3 nitrogen and oxygen atoms in total. The number of benzene rings is 1. The van der Waals surface area contributed by atoms with E-state index in [1.165, 1.54) is 24.3 Å². The Morgan fingerprint density at radius 1 is 1.19 bits per heavy atom. The summed E-state index contributed by atoms with van der Waals surface area (Å²) < 4.78 is 12.9. The molecule has 1 atom stereocenters. The third-order valence-corrected chi connectivity index (χ3v) is 3.85. The molecular formula is C17H22FNO2. The summed E-state index contributed by atoms with van der Waals surface area (Å²) in [5.74, 6) is -0.448. The topological polar surface area (TPSA) is 37.4 Å². The van der Waals surface area contributed by atoms with Gasteiger partial charge in [-0.15, -0.1) is 0 Å². The molecule has 1 aliphatic rings. The molecule has 0 aromatic heterocycles. The lowest BCUT2D eigenvalue weighted by molar-refractivity contribution is -0.140. The predicted molar refractivity (Wildman–Crippen MR) is 79.5 cm³/mol. The van der Waals surface area contributed by atoms with Crippen molar-refractivity contribution in [1.29, 1.82) is 0 Å². The number of amides is 1. The van der Waals surface area contributed by atoms with Gasteiger partial charge in [-0.25, -0.2) is 4.39 Å². The van der Waals surface area contributed by atoms with E-state index < -0.39 is 5.41 Å². The summed E-state index contributed by atoms with van der Waals surface area (Å²) in [7, 11) is 0. The van der Waals surface area contributed by atoms with E-state index in [-0.39, 0.29) is 23.4 Å². The molecule has 21 heavy (non-hydrogen) atoms. The molecule has 114 valence electrons. The van der Waals surface area contributed by atoms with Gasteiger partial charge in [0, 0.05) is 30.0 Å². The van der Waals surface area contributed by atoms with Gasteiger partial charge in [-0.05, 0) is 37.1 Å². The van der Waals surface area contributed by atoms with Gasteiger partial charge in [-0.3, -0.25) is 9.59 Å². The van der Waals surface area contributed by atoms with Crippen molar-refractivity contribution in [2.24, 2.45) is 11.3 Å². The van der Waals surface area contributed by atoms with E-state index in [1.807, 2.05) is 20.8 Å². The van der Waals surface area contributed by atoms with Crippen molar-refractivity contribution < 1.29 is 14.0 Å². The molecule has 2 rings (SSSR count). The molecule has 1 saturated heterocycles. The zero-order valence-electron chi connectivity index (χ0n) is 12.9. The third-order valence-electron chi connectivity index (χ3n) is 3.85. The second-order valence-corrected chi connectivity index (χ2v) is 6.71. The largest absolute Gasteiger partial charge is 0.342 e. The number of Topliss-reactive ketones (excluding diaryl/α,β-unsaturated/α-hetero) is 1. The highest BCUT2D eigenvalue weighted by atomic mass is 19.1. The van der Waals surface area contributed by atoms with Crippen LogP contribution >= 0.6 is 0 Å². The SMILES string of the molecule is CC(C)(C)C(=O)N1CCCC(C(=O)c2ccc(F)cc2)C1. The maximum absolute atomic E-state index is 12.9. The van der Waals surface area contributed by atoms with Crippen LogP contribution in [-0.4, -0.2) is 29.7 Å². The fourth-order valence-electron chi connectivity index (χ4n) is 2.70. The molecule has 1 aliphatic heterocycles. The number of nitrogens with zero attached hydrogens (tertiary/aromatic N) is 1. The number of likely N-dealkylation sites (tertiary alicyclic amines) is 1. The smallest absolute Gasteiger partial charge is 0.227 e. The molecule has 0 spiro atoms. The minimum absolute atomic E-state index is 0.00130. The second kappa shape index (κ2) is 5.96. The number of halogens is 1. The van der Waals surface area contributed by atoms with Gasteiger partial charge in [-0.1, -0.05) is 20.8 Å². The molecule has 0 aliphatic carbocycles. The number of carbonyl (C=O) groups excluding carboxylic acids is 2. The average molecular weight is 291 g/mol. The highest BCUT2D eigenvalue weighted by molar-refractivity contribution is 5.98. The Morgan fingerprint density at radius 2 is 1.81 bits per heavy atom. The molecule has 0 saturated carbocycles. The van der Waals surface area contributed by atoms with Crippen molar-refractivity contribution in [2.45, 2.75) is 33.6 Å². The normalized spacial score (nSPS) is 19.4. The van der Waals surface area contributed by atoms with Gasteiger partial charge in [0.2, 0.25) is 5.91 Å². The van der Waals surface area contributed by atoms with Crippen molar-refractivity contribution in [2.75, 3.05) is 13.1 Å². The van der Waals surface area contributed by atoms with Crippen molar-refractivity contribution in [1.82, 2.24) is 4.90 Å². The Morgan fingerprint density at radius 3 is 2.38 bits per heavy atom. The van der Waals surface area contributed by atoms with Crippen LogP contribution in [0.3, 0.4) is 0 Å². The van der Waals surface area contributed by atoms with E-state index in [9.17, 15) is 14.0 Å². The van der Waals surface area contributed by atoms with Crippen LogP contribution in [-0.2, 0) is 4.79 Å². The molecule has 1 aromatic carbocycles. The zero-order valence-corrected chi connectivity index (χ0v) is 12.9. The lowest BCUT2D eigenvalue weighted by atomic mass is 9.87. The summed E-state index contributed by atoms with van der Waals surface area (Å²) in [6.07, 6.45) is 1.61. The molecule has 1 heterocycles. The maximum Gasteiger partial charge on any atom is 0.227 e. The van der Waals surface area contributed by atoms with E-state index in [4.69, 9.17) is 0 Å². The van der Waals surface area contributed by atoms with Crippen LogP contribution in [0.1, 0.15) is 44.0 Å².